The van der Waals surface area contributed by atoms with Crippen molar-refractivity contribution < 1.29 is 4.52 Å². The van der Waals surface area contributed by atoms with Gasteiger partial charge in [0.25, 0.3) is 0 Å². The Morgan fingerprint density at radius 3 is 2.67 bits per heavy atom. The standard InChI is InChI=1S/C11H17N3O/c1-11(2)5-7(11)10-13-9(14-15-10)8(12)6-3-4-6/h6-8H,3-5,12H2,1-2H3. The maximum absolute atomic E-state index is 6.02. The summed E-state index contributed by atoms with van der Waals surface area (Å²) < 4.78 is 5.28. The second kappa shape index (κ2) is 2.82. The van der Waals surface area contributed by atoms with E-state index in [0.29, 0.717) is 23.1 Å². The fourth-order valence-corrected chi connectivity index (χ4v) is 2.08. The Kier molecular flexibility index (Phi) is 1.75. The van der Waals surface area contributed by atoms with Crippen LogP contribution in [0.4, 0.5) is 0 Å². The molecule has 2 atom stereocenters. The highest BCUT2D eigenvalue weighted by atomic mass is 16.5. The molecule has 1 heterocycles. The molecule has 2 saturated carbocycles. The van der Waals surface area contributed by atoms with Gasteiger partial charge >= 0.3 is 0 Å². The Bertz CT molecular complexity index is 364. The number of rotatable bonds is 3. The zero-order valence-corrected chi connectivity index (χ0v) is 9.23. The minimum Gasteiger partial charge on any atom is -0.339 e. The van der Waals surface area contributed by atoms with Crippen LogP contribution in [0.1, 0.15) is 56.8 Å². The topological polar surface area (TPSA) is 64.9 Å². The normalized spacial score (nSPS) is 30.2. The van der Waals surface area contributed by atoms with Crippen LogP contribution in [0.3, 0.4) is 0 Å². The van der Waals surface area contributed by atoms with Crippen molar-refractivity contribution in [1.82, 2.24) is 10.1 Å². The lowest BCUT2D eigenvalue weighted by atomic mass is 10.1. The molecule has 0 amide bonds. The van der Waals surface area contributed by atoms with Crippen LogP contribution in [-0.2, 0) is 0 Å². The van der Waals surface area contributed by atoms with Gasteiger partial charge in [-0.2, -0.15) is 4.98 Å². The molecule has 2 unspecified atom stereocenters. The van der Waals surface area contributed by atoms with E-state index in [9.17, 15) is 0 Å². The Morgan fingerprint density at radius 2 is 2.13 bits per heavy atom. The Balaban J connectivity index is 1.76. The van der Waals surface area contributed by atoms with E-state index in [1.54, 1.807) is 0 Å². The van der Waals surface area contributed by atoms with Crippen molar-refractivity contribution in [2.75, 3.05) is 0 Å². The highest BCUT2D eigenvalue weighted by Gasteiger charge is 2.50. The molecule has 2 aliphatic carbocycles. The van der Waals surface area contributed by atoms with E-state index in [1.165, 1.54) is 12.8 Å². The first kappa shape index (κ1) is 9.33. The third-order valence-corrected chi connectivity index (χ3v) is 3.70. The van der Waals surface area contributed by atoms with Gasteiger partial charge in [0.1, 0.15) is 0 Å². The molecule has 4 heteroatoms. The summed E-state index contributed by atoms with van der Waals surface area (Å²) in [5.41, 5.74) is 6.36. The third kappa shape index (κ3) is 1.57. The second-order valence-corrected chi connectivity index (χ2v) is 5.60. The average Bonchev–Trinajstić information content (AvgIpc) is 3.06. The number of nitrogens with two attached hydrogens (primary N) is 1. The van der Waals surface area contributed by atoms with Gasteiger partial charge in [0.15, 0.2) is 5.82 Å². The van der Waals surface area contributed by atoms with E-state index in [1.807, 2.05) is 0 Å². The molecule has 0 aliphatic heterocycles. The summed E-state index contributed by atoms with van der Waals surface area (Å²) in [7, 11) is 0. The number of nitrogens with zero attached hydrogens (tertiary/aromatic N) is 2. The lowest BCUT2D eigenvalue weighted by molar-refractivity contribution is 0.358. The zero-order chi connectivity index (χ0) is 10.6. The van der Waals surface area contributed by atoms with Gasteiger partial charge < -0.3 is 10.3 Å². The minimum atomic E-state index is -0.00985. The predicted octanol–water partition coefficient (Wildman–Crippen LogP) is 1.99. The molecule has 2 N–H and O–H groups in total. The van der Waals surface area contributed by atoms with Gasteiger partial charge in [0, 0.05) is 5.92 Å². The summed E-state index contributed by atoms with van der Waals surface area (Å²) >= 11 is 0. The SMILES string of the molecule is CC1(C)CC1c1nc(C(N)C2CC2)no1. The van der Waals surface area contributed by atoms with Gasteiger partial charge in [0.05, 0.1) is 6.04 Å². The van der Waals surface area contributed by atoms with Crippen molar-refractivity contribution in [3.63, 3.8) is 0 Å². The first-order valence-corrected chi connectivity index (χ1v) is 5.67. The molecular weight excluding hydrogens is 190 g/mol. The van der Waals surface area contributed by atoms with Crippen LogP contribution in [0.15, 0.2) is 4.52 Å². The Hall–Kier alpha value is -0.900. The van der Waals surface area contributed by atoms with Crippen molar-refractivity contribution in [1.29, 1.82) is 0 Å². The van der Waals surface area contributed by atoms with Crippen molar-refractivity contribution in [2.24, 2.45) is 17.1 Å². The van der Waals surface area contributed by atoms with Gasteiger partial charge in [-0.25, -0.2) is 0 Å². The first-order valence-electron chi connectivity index (χ1n) is 5.67. The lowest BCUT2D eigenvalue weighted by Gasteiger charge is -2.01. The lowest BCUT2D eigenvalue weighted by Crippen LogP contribution is -2.14. The summed E-state index contributed by atoms with van der Waals surface area (Å²) in [5.74, 6) is 2.52. The van der Waals surface area contributed by atoms with Gasteiger partial charge in [-0.3, -0.25) is 0 Å². The summed E-state index contributed by atoms with van der Waals surface area (Å²) in [5, 5.41) is 3.99. The number of hydrogen-bond acceptors (Lipinski definition) is 4. The monoisotopic (exact) mass is 207 g/mol. The van der Waals surface area contributed by atoms with E-state index in [4.69, 9.17) is 10.3 Å². The molecule has 0 radical (unpaired) electrons. The van der Waals surface area contributed by atoms with Crippen LogP contribution in [-0.4, -0.2) is 10.1 Å². The van der Waals surface area contributed by atoms with Gasteiger partial charge in [-0.05, 0) is 30.6 Å². The summed E-state index contributed by atoms with van der Waals surface area (Å²) in [6, 6.07) is -0.00985. The molecule has 82 valence electrons. The molecule has 15 heavy (non-hydrogen) atoms. The smallest absolute Gasteiger partial charge is 0.230 e. The molecular formula is C11H17N3O. The predicted molar refractivity (Wildman–Crippen MR) is 55.1 cm³/mol. The van der Waals surface area contributed by atoms with Crippen molar-refractivity contribution in [2.45, 2.75) is 45.1 Å². The summed E-state index contributed by atoms with van der Waals surface area (Å²) in [6.45, 7) is 4.45. The second-order valence-electron chi connectivity index (χ2n) is 5.60. The molecule has 2 aliphatic rings. The van der Waals surface area contributed by atoms with Crippen LogP contribution < -0.4 is 5.73 Å². The van der Waals surface area contributed by atoms with E-state index >= 15 is 0 Å². The van der Waals surface area contributed by atoms with Crippen molar-refractivity contribution in [3.8, 4) is 0 Å². The molecule has 1 aromatic heterocycles. The highest BCUT2D eigenvalue weighted by molar-refractivity contribution is 5.14. The quantitative estimate of drug-likeness (QED) is 0.823. The fourth-order valence-electron chi connectivity index (χ4n) is 2.08. The average molecular weight is 207 g/mol. The molecule has 0 saturated heterocycles. The Labute approximate surface area is 89.2 Å². The number of hydrogen-bond donors (Lipinski definition) is 1. The van der Waals surface area contributed by atoms with E-state index in [2.05, 4.69) is 24.0 Å². The van der Waals surface area contributed by atoms with Gasteiger partial charge in [-0.1, -0.05) is 19.0 Å². The molecule has 2 fully saturated rings. The zero-order valence-electron chi connectivity index (χ0n) is 9.23. The van der Waals surface area contributed by atoms with Gasteiger partial charge in [-0.15, -0.1) is 0 Å². The molecule has 0 bridgehead atoms. The van der Waals surface area contributed by atoms with Crippen molar-refractivity contribution >= 4 is 0 Å². The molecule has 0 spiro atoms. The van der Waals surface area contributed by atoms with Crippen molar-refractivity contribution in [3.05, 3.63) is 11.7 Å². The fraction of sp³-hybridized carbons (Fsp3) is 0.818. The minimum absolute atomic E-state index is 0.00985. The number of aromatic nitrogens is 2. The maximum Gasteiger partial charge on any atom is 0.230 e. The highest BCUT2D eigenvalue weighted by Crippen LogP contribution is 2.58. The van der Waals surface area contributed by atoms with E-state index < -0.39 is 0 Å². The maximum atomic E-state index is 6.02. The molecule has 3 rings (SSSR count). The third-order valence-electron chi connectivity index (χ3n) is 3.70. The van der Waals surface area contributed by atoms with Crippen LogP contribution in [0, 0.1) is 11.3 Å². The first-order chi connectivity index (χ1) is 7.08. The summed E-state index contributed by atoms with van der Waals surface area (Å²) in [6.07, 6.45) is 3.56. The molecule has 0 aromatic carbocycles. The van der Waals surface area contributed by atoms with Crippen LogP contribution >= 0.6 is 0 Å². The Morgan fingerprint density at radius 1 is 1.47 bits per heavy atom. The van der Waals surface area contributed by atoms with Gasteiger partial charge in [0.2, 0.25) is 5.89 Å². The van der Waals surface area contributed by atoms with Crippen LogP contribution in [0.2, 0.25) is 0 Å². The largest absolute Gasteiger partial charge is 0.339 e. The van der Waals surface area contributed by atoms with E-state index in [0.717, 1.165) is 12.3 Å². The van der Waals surface area contributed by atoms with E-state index in [-0.39, 0.29) is 6.04 Å². The molecule has 1 aromatic rings. The summed E-state index contributed by atoms with van der Waals surface area (Å²) in [4.78, 5) is 4.43. The van der Waals surface area contributed by atoms with Crippen LogP contribution in [0.5, 0.6) is 0 Å². The molecule has 4 nitrogen and oxygen atoms in total. The van der Waals surface area contributed by atoms with Crippen LogP contribution in [0.25, 0.3) is 0 Å².